The summed E-state index contributed by atoms with van der Waals surface area (Å²) in [4.78, 5) is 0. The molecule has 0 radical (unpaired) electrons. The molecule has 0 saturated heterocycles. The molecule has 0 saturated carbocycles. The molecule has 214 valence electrons. The van der Waals surface area contributed by atoms with Gasteiger partial charge in [-0.25, -0.2) is 0 Å². The zero-order valence-corrected chi connectivity index (χ0v) is 25.0. The van der Waals surface area contributed by atoms with Gasteiger partial charge in [0.1, 0.15) is 5.52 Å². The highest BCUT2D eigenvalue weighted by molar-refractivity contribution is 6.10. The van der Waals surface area contributed by atoms with Crippen molar-refractivity contribution >= 4 is 49.2 Å². The Bertz CT molecular complexity index is 2480. The predicted octanol–water partition coefficient (Wildman–Crippen LogP) is 10.6. The van der Waals surface area contributed by atoms with Gasteiger partial charge < -0.3 is 9.13 Å². The van der Waals surface area contributed by atoms with Crippen LogP contribution in [-0.2, 0) is 0 Å². The molecule has 1 atom stereocenters. The fraction of sp³-hybridized carbons (Fsp3) is 0.0465. The van der Waals surface area contributed by atoms with Crippen molar-refractivity contribution in [1.82, 2.24) is 9.13 Å². The molecule has 1 aliphatic carbocycles. The topological polar surface area (TPSA) is 33.6 Å². The fourth-order valence-electron chi connectivity index (χ4n) is 7.28. The van der Waals surface area contributed by atoms with Crippen molar-refractivity contribution in [3.8, 4) is 22.9 Å². The van der Waals surface area contributed by atoms with Gasteiger partial charge in [0.2, 0.25) is 0 Å². The molecule has 2 heterocycles. The van der Waals surface area contributed by atoms with E-state index in [4.69, 9.17) is 0 Å². The third kappa shape index (κ3) is 4.00. The largest absolute Gasteiger partial charge is 0.326 e. The summed E-state index contributed by atoms with van der Waals surface area (Å²) in [5, 5.41) is 14.8. The Morgan fingerprint density at radius 2 is 1.37 bits per heavy atom. The molecule has 0 N–H and O–H groups in total. The van der Waals surface area contributed by atoms with Crippen LogP contribution in [0.3, 0.4) is 0 Å². The zero-order valence-electron chi connectivity index (χ0n) is 25.0. The van der Waals surface area contributed by atoms with Gasteiger partial charge in [0.25, 0.3) is 0 Å². The van der Waals surface area contributed by atoms with E-state index >= 15 is 0 Å². The number of hydrogen-bond donors (Lipinski definition) is 0. The summed E-state index contributed by atoms with van der Waals surface area (Å²) in [6.45, 7) is 0. The van der Waals surface area contributed by atoms with E-state index in [1.807, 2.05) is 18.2 Å². The SMILES string of the molecule is N#Cc1ccc(-n2c3ccccc3c3ccccc32)c(-c2cccc(C3=CC(n4c5c#cccc5c5ccccc54)CC=C3)c2)c1. The number of para-hydroxylation sites is 3. The summed E-state index contributed by atoms with van der Waals surface area (Å²) >= 11 is 0. The first kappa shape index (κ1) is 26.1. The number of fused-ring (bicyclic) bond motifs is 6. The Kier molecular flexibility index (Phi) is 5.92. The van der Waals surface area contributed by atoms with Gasteiger partial charge in [-0.2, -0.15) is 5.26 Å². The molecule has 3 nitrogen and oxygen atoms in total. The maximum absolute atomic E-state index is 9.92. The Hall–Kier alpha value is -6.29. The maximum Gasteiger partial charge on any atom is 0.101 e. The number of benzene rings is 5. The van der Waals surface area contributed by atoms with Gasteiger partial charge in [-0.05, 0) is 83.8 Å². The number of allylic oxidation sites excluding steroid dienone is 4. The smallest absolute Gasteiger partial charge is 0.101 e. The lowest BCUT2D eigenvalue weighted by atomic mass is 9.93. The van der Waals surface area contributed by atoms with Crippen molar-refractivity contribution in [2.24, 2.45) is 0 Å². The van der Waals surface area contributed by atoms with Crippen LogP contribution in [0, 0.1) is 23.5 Å². The molecule has 6 aromatic carbocycles. The fourth-order valence-corrected chi connectivity index (χ4v) is 7.28. The van der Waals surface area contributed by atoms with Gasteiger partial charge >= 0.3 is 0 Å². The van der Waals surface area contributed by atoms with E-state index in [0.29, 0.717) is 5.56 Å². The Morgan fingerprint density at radius 3 is 2.13 bits per heavy atom. The Labute approximate surface area is 267 Å². The number of hydrogen-bond acceptors (Lipinski definition) is 1. The molecule has 8 aromatic rings. The van der Waals surface area contributed by atoms with Gasteiger partial charge in [0, 0.05) is 27.1 Å². The monoisotopic (exact) mass is 585 g/mol. The summed E-state index contributed by atoms with van der Waals surface area (Å²) in [6.07, 6.45) is 7.80. The molecule has 46 heavy (non-hydrogen) atoms. The molecular weight excluding hydrogens is 558 g/mol. The molecule has 0 bridgehead atoms. The van der Waals surface area contributed by atoms with E-state index < -0.39 is 0 Å². The molecule has 0 aliphatic heterocycles. The minimum atomic E-state index is 0.146. The summed E-state index contributed by atoms with van der Waals surface area (Å²) in [7, 11) is 0. The van der Waals surface area contributed by atoms with E-state index in [2.05, 4.69) is 155 Å². The molecule has 0 spiro atoms. The van der Waals surface area contributed by atoms with Crippen molar-refractivity contribution < 1.29 is 0 Å². The van der Waals surface area contributed by atoms with Gasteiger partial charge in [0.15, 0.2) is 0 Å². The number of nitrogens with zero attached hydrogens (tertiary/aromatic N) is 3. The van der Waals surface area contributed by atoms with Crippen LogP contribution in [0.5, 0.6) is 0 Å². The molecule has 0 fully saturated rings. The number of aromatic nitrogens is 2. The minimum absolute atomic E-state index is 0.146. The highest BCUT2D eigenvalue weighted by atomic mass is 15.0. The van der Waals surface area contributed by atoms with Crippen LogP contribution in [0.4, 0.5) is 0 Å². The average molecular weight is 586 g/mol. The normalized spacial score (nSPS) is 14.5. The standard InChI is InChI=1S/C43H27N3/c44-28-29-23-24-43(46-41-21-7-3-17-36(41)37-18-4-8-22-42(37)46)38(25-29)32-13-9-11-30(26-32)31-12-10-14-33(27-31)45-39-19-5-1-15-34(39)35-16-2-6-20-40(35)45/h1-5,7-13,15-19,21-27,33H,14H2. The van der Waals surface area contributed by atoms with Crippen molar-refractivity contribution in [2.75, 3.05) is 0 Å². The zero-order chi connectivity index (χ0) is 30.6. The second-order valence-electron chi connectivity index (χ2n) is 11.9. The van der Waals surface area contributed by atoms with Crippen LogP contribution in [0.1, 0.15) is 23.6 Å². The molecule has 2 aromatic heterocycles. The van der Waals surface area contributed by atoms with Gasteiger partial charge in [0.05, 0.1) is 39.9 Å². The average Bonchev–Trinajstić information content (AvgIpc) is 3.65. The third-order valence-electron chi connectivity index (χ3n) is 9.31. The van der Waals surface area contributed by atoms with E-state index in [1.165, 1.54) is 32.6 Å². The van der Waals surface area contributed by atoms with Crippen molar-refractivity contribution in [1.29, 1.82) is 5.26 Å². The third-order valence-corrected chi connectivity index (χ3v) is 9.31. The van der Waals surface area contributed by atoms with E-state index in [-0.39, 0.29) is 6.04 Å². The lowest BCUT2D eigenvalue weighted by molar-refractivity contribution is 0.650. The highest BCUT2D eigenvalue weighted by Gasteiger charge is 2.20. The van der Waals surface area contributed by atoms with Crippen LogP contribution >= 0.6 is 0 Å². The van der Waals surface area contributed by atoms with Gasteiger partial charge in [-0.15, -0.1) is 0 Å². The first-order valence-electron chi connectivity index (χ1n) is 15.6. The van der Waals surface area contributed by atoms with E-state index in [1.54, 1.807) is 0 Å². The molecule has 1 aliphatic rings. The van der Waals surface area contributed by atoms with Crippen molar-refractivity contribution in [3.05, 3.63) is 169 Å². The number of rotatable bonds is 4. The van der Waals surface area contributed by atoms with Crippen LogP contribution < -0.4 is 0 Å². The minimum Gasteiger partial charge on any atom is -0.326 e. The first-order chi connectivity index (χ1) is 22.8. The second-order valence-corrected chi connectivity index (χ2v) is 11.9. The van der Waals surface area contributed by atoms with Crippen LogP contribution in [-0.4, -0.2) is 9.13 Å². The molecule has 3 heteroatoms. The molecular formula is C43H27N3. The highest BCUT2D eigenvalue weighted by Crippen LogP contribution is 2.39. The quantitative estimate of drug-likeness (QED) is 0.202. The van der Waals surface area contributed by atoms with Gasteiger partial charge in [-0.3, -0.25) is 0 Å². The number of nitriles is 1. The Balaban J connectivity index is 1.20. The van der Waals surface area contributed by atoms with Crippen molar-refractivity contribution in [2.45, 2.75) is 12.5 Å². The summed E-state index contributed by atoms with van der Waals surface area (Å²) in [5.74, 6) is 0. The van der Waals surface area contributed by atoms with Crippen molar-refractivity contribution in [3.63, 3.8) is 0 Å². The van der Waals surface area contributed by atoms with Crippen LogP contribution in [0.25, 0.3) is 66.0 Å². The molecule has 1 unspecified atom stereocenters. The van der Waals surface area contributed by atoms with Gasteiger partial charge in [-0.1, -0.05) is 97.1 Å². The predicted molar refractivity (Wildman–Crippen MR) is 189 cm³/mol. The lowest BCUT2D eigenvalue weighted by Gasteiger charge is -2.21. The molecule has 9 rings (SSSR count). The van der Waals surface area contributed by atoms with E-state index in [0.717, 1.165) is 45.3 Å². The second kappa shape index (κ2) is 10.4. The molecule has 0 amide bonds. The maximum atomic E-state index is 9.92. The summed E-state index contributed by atoms with van der Waals surface area (Å²) in [5.41, 5.74) is 10.7. The lowest BCUT2D eigenvalue weighted by Crippen LogP contribution is -2.08. The Morgan fingerprint density at radius 1 is 0.674 bits per heavy atom. The summed E-state index contributed by atoms with van der Waals surface area (Å²) < 4.78 is 4.74. The summed E-state index contributed by atoms with van der Waals surface area (Å²) in [6, 6.07) is 53.6. The first-order valence-corrected chi connectivity index (χ1v) is 15.6. The van der Waals surface area contributed by atoms with Crippen LogP contribution in [0.2, 0.25) is 0 Å². The van der Waals surface area contributed by atoms with Crippen LogP contribution in [0.15, 0.2) is 146 Å². The van der Waals surface area contributed by atoms with E-state index in [9.17, 15) is 5.26 Å².